The lowest BCUT2D eigenvalue weighted by molar-refractivity contribution is 0.748. The summed E-state index contributed by atoms with van der Waals surface area (Å²) in [7, 11) is 0. The van der Waals surface area contributed by atoms with Crippen LogP contribution >= 0.6 is 11.8 Å². The van der Waals surface area contributed by atoms with Gasteiger partial charge in [-0.2, -0.15) is 0 Å². The van der Waals surface area contributed by atoms with E-state index in [1.807, 2.05) is 17.8 Å². The number of hydrogen-bond acceptors (Lipinski definition) is 2. The standard InChI is InChI=1S/C16H19NS/c1-13-6-5-7-14(10-13)11-15(17)12-18-16-8-3-2-4-9-16/h2-10,15H,11-12,17H2,1H3. The maximum Gasteiger partial charge on any atom is 0.0174 e. The maximum absolute atomic E-state index is 6.18. The van der Waals surface area contributed by atoms with Gasteiger partial charge in [-0.25, -0.2) is 0 Å². The Labute approximate surface area is 113 Å². The van der Waals surface area contributed by atoms with Crippen molar-refractivity contribution in [1.82, 2.24) is 0 Å². The van der Waals surface area contributed by atoms with Gasteiger partial charge in [-0.15, -0.1) is 11.8 Å². The van der Waals surface area contributed by atoms with E-state index in [2.05, 4.69) is 55.5 Å². The number of aryl methyl sites for hydroxylation is 1. The second-order valence-corrected chi connectivity index (χ2v) is 5.67. The smallest absolute Gasteiger partial charge is 0.0174 e. The molecule has 0 aliphatic rings. The average molecular weight is 257 g/mol. The van der Waals surface area contributed by atoms with E-state index in [0.717, 1.165) is 12.2 Å². The van der Waals surface area contributed by atoms with Gasteiger partial charge >= 0.3 is 0 Å². The molecule has 2 heteroatoms. The third kappa shape index (κ3) is 4.21. The van der Waals surface area contributed by atoms with Crippen LogP contribution in [0.3, 0.4) is 0 Å². The summed E-state index contributed by atoms with van der Waals surface area (Å²) >= 11 is 1.83. The molecule has 2 rings (SSSR count). The van der Waals surface area contributed by atoms with Crippen LogP contribution in [0.25, 0.3) is 0 Å². The summed E-state index contributed by atoms with van der Waals surface area (Å²) in [6.45, 7) is 2.12. The highest BCUT2D eigenvalue weighted by Gasteiger charge is 2.05. The summed E-state index contributed by atoms with van der Waals surface area (Å²) in [5.41, 5.74) is 8.81. The first-order valence-electron chi connectivity index (χ1n) is 6.23. The number of benzene rings is 2. The molecule has 0 amide bonds. The van der Waals surface area contributed by atoms with Gasteiger partial charge in [-0.1, -0.05) is 48.0 Å². The van der Waals surface area contributed by atoms with Crippen LogP contribution in [0.4, 0.5) is 0 Å². The molecule has 0 aliphatic heterocycles. The van der Waals surface area contributed by atoms with E-state index >= 15 is 0 Å². The summed E-state index contributed by atoms with van der Waals surface area (Å²) in [5, 5.41) is 0. The van der Waals surface area contributed by atoms with Crippen molar-refractivity contribution in [2.75, 3.05) is 5.75 Å². The van der Waals surface area contributed by atoms with E-state index in [4.69, 9.17) is 5.73 Å². The number of nitrogens with two attached hydrogens (primary N) is 1. The first-order valence-corrected chi connectivity index (χ1v) is 7.21. The lowest BCUT2D eigenvalue weighted by Crippen LogP contribution is -2.25. The van der Waals surface area contributed by atoms with Crippen molar-refractivity contribution < 1.29 is 0 Å². The van der Waals surface area contributed by atoms with Crippen molar-refractivity contribution >= 4 is 11.8 Å². The molecule has 0 heterocycles. The predicted molar refractivity (Wildman–Crippen MR) is 80.0 cm³/mol. The van der Waals surface area contributed by atoms with E-state index in [1.165, 1.54) is 16.0 Å². The third-order valence-corrected chi connectivity index (χ3v) is 3.99. The summed E-state index contributed by atoms with van der Waals surface area (Å²) in [5.74, 6) is 0.956. The Balaban J connectivity index is 1.84. The quantitative estimate of drug-likeness (QED) is 0.827. The van der Waals surface area contributed by atoms with Crippen molar-refractivity contribution in [2.45, 2.75) is 24.3 Å². The largest absolute Gasteiger partial charge is 0.327 e. The Kier molecular flexibility index (Phi) is 4.85. The molecule has 2 aromatic rings. The zero-order chi connectivity index (χ0) is 12.8. The van der Waals surface area contributed by atoms with Crippen LogP contribution in [-0.2, 0) is 6.42 Å². The average Bonchev–Trinajstić information content (AvgIpc) is 2.38. The molecule has 2 aromatic carbocycles. The van der Waals surface area contributed by atoms with E-state index in [1.54, 1.807) is 0 Å². The molecule has 0 bridgehead atoms. The first kappa shape index (κ1) is 13.2. The first-order chi connectivity index (χ1) is 8.74. The van der Waals surface area contributed by atoms with Crippen molar-refractivity contribution in [3.63, 3.8) is 0 Å². The van der Waals surface area contributed by atoms with Gasteiger partial charge in [-0.3, -0.25) is 0 Å². The van der Waals surface area contributed by atoms with Gasteiger partial charge in [0.2, 0.25) is 0 Å². The fraction of sp³-hybridized carbons (Fsp3) is 0.250. The van der Waals surface area contributed by atoms with Crippen molar-refractivity contribution in [3.8, 4) is 0 Å². The van der Waals surface area contributed by atoms with E-state index in [0.29, 0.717) is 0 Å². The van der Waals surface area contributed by atoms with Gasteiger partial charge < -0.3 is 5.73 Å². The predicted octanol–water partition coefficient (Wildman–Crippen LogP) is 3.66. The van der Waals surface area contributed by atoms with Crippen LogP contribution < -0.4 is 5.73 Å². The van der Waals surface area contributed by atoms with Gasteiger partial charge in [0.05, 0.1) is 0 Å². The molecule has 0 aliphatic carbocycles. The Morgan fingerprint density at radius 3 is 2.56 bits per heavy atom. The SMILES string of the molecule is Cc1cccc(CC(N)CSc2ccccc2)c1. The van der Waals surface area contributed by atoms with E-state index in [-0.39, 0.29) is 6.04 Å². The Hall–Kier alpha value is -1.25. The highest BCUT2D eigenvalue weighted by atomic mass is 32.2. The highest BCUT2D eigenvalue weighted by molar-refractivity contribution is 7.99. The minimum Gasteiger partial charge on any atom is -0.327 e. The fourth-order valence-corrected chi connectivity index (χ4v) is 2.79. The van der Waals surface area contributed by atoms with Crippen molar-refractivity contribution in [2.24, 2.45) is 5.73 Å². The Bertz CT molecular complexity index is 481. The molecule has 94 valence electrons. The van der Waals surface area contributed by atoms with E-state index in [9.17, 15) is 0 Å². The van der Waals surface area contributed by atoms with Crippen LogP contribution in [0, 0.1) is 6.92 Å². The Morgan fingerprint density at radius 2 is 1.83 bits per heavy atom. The molecule has 0 spiro atoms. The second-order valence-electron chi connectivity index (χ2n) is 4.58. The lowest BCUT2D eigenvalue weighted by Gasteiger charge is -2.11. The Morgan fingerprint density at radius 1 is 1.06 bits per heavy atom. The second kappa shape index (κ2) is 6.62. The third-order valence-electron chi connectivity index (χ3n) is 2.79. The topological polar surface area (TPSA) is 26.0 Å². The summed E-state index contributed by atoms with van der Waals surface area (Å²) in [6, 6.07) is 19.2. The maximum atomic E-state index is 6.18. The summed E-state index contributed by atoms with van der Waals surface area (Å²) in [6.07, 6.45) is 0.946. The van der Waals surface area contributed by atoms with Crippen LogP contribution in [0.5, 0.6) is 0 Å². The number of thioether (sulfide) groups is 1. The van der Waals surface area contributed by atoms with Crippen molar-refractivity contribution in [1.29, 1.82) is 0 Å². The number of rotatable bonds is 5. The molecule has 0 saturated carbocycles. The van der Waals surface area contributed by atoms with Crippen LogP contribution in [0.1, 0.15) is 11.1 Å². The summed E-state index contributed by atoms with van der Waals surface area (Å²) < 4.78 is 0. The molecule has 1 atom stereocenters. The zero-order valence-electron chi connectivity index (χ0n) is 10.7. The van der Waals surface area contributed by atoms with Gasteiger partial charge in [-0.05, 0) is 31.0 Å². The molecule has 1 unspecified atom stereocenters. The van der Waals surface area contributed by atoms with Crippen LogP contribution in [0.15, 0.2) is 59.5 Å². The summed E-state index contributed by atoms with van der Waals surface area (Å²) in [4.78, 5) is 1.29. The fourth-order valence-electron chi connectivity index (χ4n) is 1.92. The van der Waals surface area contributed by atoms with Gasteiger partial charge in [0, 0.05) is 16.7 Å². The van der Waals surface area contributed by atoms with Gasteiger partial charge in [0.25, 0.3) is 0 Å². The minimum absolute atomic E-state index is 0.206. The molecule has 18 heavy (non-hydrogen) atoms. The molecular formula is C16H19NS. The molecular weight excluding hydrogens is 238 g/mol. The molecule has 0 fully saturated rings. The van der Waals surface area contributed by atoms with E-state index < -0.39 is 0 Å². The monoisotopic (exact) mass is 257 g/mol. The van der Waals surface area contributed by atoms with Crippen LogP contribution in [0.2, 0.25) is 0 Å². The van der Waals surface area contributed by atoms with Crippen LogP contribution in [-0.4, -0.2) is 11.8 Å². The molecule has 0 saturated heterocycles. The lowest BCUT2D eigenvalue weighted by atomic mass is 10.1. The molecule has 0 radical (unpaired) electrons. The highest BCUT2D eigenvalue weighted by Crippen LogP contribution is 2.18. The molecule has 2 N–H and O–H groups in total. The molecule has 1 nitrogen and oxygen atoms in total. The molecule has 0 aromatic heterocycles. The number of hydrogen-bond donors (Lipinski definition) is 1. The zero-order valence-corrected chi connectivity index (χ0v) is 11.5. The van der Waals surface area contributed by atoms with Crippen molar-refractivity contribution in [3.05, 3.63) is 65.7 Å². The van der Waals surface area contributed by atoms with Gasteiger partial charge in [0.1, 0.15) is 0 Å². The normalized spacial score (nSPS) is 12.3. The minimum atomic E-state index is 0.206. The van der Waals surface area contributed by atoms with Gasteiger partial charge in [0.15, 0.2) is 0 Å².